The van der Waals surface area contributed by atoms with Crippen LogP contribution in [0.15, 0.2) is 24.3 Å². The van der Waals surface area contributed by atoms with Crippen LogP contribution in [0.2, 0.25) is 0 Å². The first-order valence-electron chi connectivity index (χ1n) is 6.99. The summed E-state index contributed by atoms with van der Waals surface area (Å²) in [5.41, 5.74) is 0.846. The average molecular weight is 299 g/mol. The molecule has 1 fully saturated rings. The zero-order valence-corrected chi connectivity index (χ0v) is 11.8. The maximum absolute atomic E-state index is 12.3. The summed E-state index contributed by atoms with van der Waals surface area (Å²) in [4.78, 5) is 13.2. The second-order valence-corrected chi connectivity index (χ2v) is 5.30. The van der Waals surface area contributed by atoms with E-state index in [1.165, 1.54) is 6.07 Å². The van der Waals surface area contributed by atoms with Gasteiger partial charge in [-0.25, -0.2) is 0 Å². The second-order valence-electron chi connectivity index (χ2n) is 5.30. The van der Waals surface area contributed by atoms with Gasteiger partial charge in [-0.1, -0.05) is 12.1 Å². The maximum Gasteiger partial charge on any atom is 0.387 e. The quantitative estimate of drug-likeness (QED) is 0.907. The fourth-order valence-corrected chi connectivity index (χ4v) is 2.72. The van der Waals surface area contributed by atoms with E-state index in [0.29, 0.717) is 13.0 Å². The van der Waals surface area contributed by atoms with Crippen molar-refractivity contribution in [3.05, 3.63) is 29.8 Å². The molecule has 21 heavy (non-hydrogen) atoms. The van der Waals surface area contributed by atoms with Crippen molar-refractivity contribution in [1.29, 1.82) is 0 Å². The number of halogens is 2. The third-order valence-electron chi connectivity index (χ3n) is 3.92. The first kappa shape index (κ1) is 15.7. The molecule has 0 saturated carbocycles. The molecule has 0 amide bonds. The largest absolute Gasteiger partial charge is 0.481 e. The molecular formula is C15H19F2NO3. The molecule has 2 atom stereocenters. The molecule has 0 aromatic heterocycles. The van der Waals surface area contributed by atoms with E-state index >= 15 is 0 Å². The maximum atomic E-state index is 12.3. The first-order chi connectivity index (χ1) is 9.97. The van der Waals surface area contributed by atoms with Gasteiger partial charge in [-0.2, -0.15) is 8.78 Å². The summed E-state index contributed by atoms with van der Waals surface area (Å²) in [6, 6.07) is 6.54. The van der Waals surface area contributed by atoms with E-state index in [1.807, 2.05) is 13.0 Å². The fourth-order valence-electron chi connectivity index (χ4n) is 2.72. The molecule has 0 aliphatic carbocycles. The Morgan fingerprint density at radius 3 is 2.90 bits per heavy atom. The lowest BCUT2D eigenvalue weighted by molar-refractivity contribution is -0.143. The third-order valence-corrected chi connectivity index (χ3v) is 3.92. The fraction of sp³-hybridized carbons (Fsp3) is 0.533. The van der Waals surface area contributed by atoms with Crippen LogP contribution in [-0.2, 0) is 4.79 Å². The molecule has 1 N–H and O–H groups in total. The van der Waals surface area contributed by atoms with Gasteiger partial charge in [0.2, 0.25) is 0 Å². The zero-order chi connectivity index (χ0) is 15.4. The summed E-state index contributed by atoms with van der Waals surface area (Å²) in [6.07, 6.45) is 1.52. The summed E-state index contributed by atoms with van der Waals surface area (Å²) >= 11 is 0. The Morgan fingerprint density at radius 1 is 1.48 bits per heavy atom. The molecule has 0 spiro atoms. The number of likely N-dealkylation sites (tertiary alicyclic amines) is 1. The Kier molecular flexibility index (Phi) is 5.12. The molecule has 1 aromatic rings. The Labute approximate surface area is 122 Å². The van der Waals surface area contributed by atoms with E-state index in [9.17, 15) is 13.6 Å². The molecule has 1 aliphatic rings. The van der Waals surface area contributed by atoms with Crippen LogP contribution in [0.4, 0.5) is 8.78 Å². The van der Waals surface area contributed by atoms with Crippen molar-refractivity contribution in [2.24, 2.45) is 5.92 Å². The van der Waals surface area contributed by atoms with Crippen molar-refractivity contribution in [2.75, 3.05) is 13.1 Å². The number of piperidine rings is 1. The van der Waals surface area contributed by atoms with E-state index in [-0.39, 0.29) is 17.7 Å². The number of benzene rings is 1. The van der Waals surface area contributed by atoms with Crippen LogP contribution >= 0.6 is 0 Å². The van der Waals surface area contributed by atoms with Crippen LogP contribution in [0.1, 0.15) is 31.4 Å². The topological polar surface area (TPSA) is 49.8 Å². The third kappa shape index (κ3) is 4.14. The molecule has 0 bridgehead atoms. The molecule has 0 radical (unpaired) electrons. The molecule has 1 saturated heterocycles. The lowest BCUT2D eigenvalue weighted by atomic mass is 9.95. The standard InChI is InChI=1S/C15H19F2NO3/c1-10(18-7-3-5-12(9-18)14(19)20)11-4-2-6-13(8-11)21-15(16)17/h2,4,6,8,10,12,15H,3,5,7,9H2,1H3,(H,19,20). The number of ether oxygens (including phenoxy) is 1. The van der Waals surface area contributed by atoms with Crippen molar-refractivity contribution >= 4 is 5.97 Å². The SMILES string of the molecule is CC(c1cccc(OC(F)F)c1)N1CCCC(C(=O)O)C1. The van der Waals surface area contributed by atoms with Gasteiger partial charge in [-0.15, -0.1) is 0 Å². The summed E-state index contributed by atoms with van der Waals surface area (Å²) in [5, 5.41) is 9.12. The average Bonchev–Trinajstić information content (AvgIpc) is 2.46. The highest BCUT2D eigenvalue weighted by Gasteiger charge is 2.28. The molecule has 2 rings (SSSR count). The number of aliphatic carboxylic acids is 1. The van der Waals surface area contributed by atoms with Crippen LogP contribution in [-0.4, -0.2) is 35.7 Å². The highest BCUT2D eigenvalue weighted by atomic mass is 19.3. The summed E-state index contributed by atoms with van der Waals surface area (Å²) in [5.74, 6) is -1.01. The molecule has 1 heterocycles. The molecular weight excluding hydrogens is 280 g/mol. The summed E-state index contributed by atoms with van der Waals surface area (Å²) < 4.78 is 28.9. The Balaban J connectivity index is 2.08. The normalized spacial score (nSPS) is 21.2. The number of hydrogen-bond acceptors (Lipinski definition) is 3. The van der Waals surface area contributed by atoms with E-state index in [2.05, 4.69) is 9.64 Å². The van der Waals surface area contributed by atoms with Gasteiger partial charge in [0.15, 0.2) is 0 Å². The minimum absolute atomic E-state index is 0.0339. The number of hydrogen-bond donors (Lipinski definition) is 1. The van der Waals surface area contributed by atoms with Gasteiger partial charge < -0.3 is 9.84 Å². The van der Waals surface area contributed by atoms with Gasteiger partial charge in [-0.3, -0.25) is 9.69 Å². The minimum Gasteiger partial charge on any atom is -0.481 e. The van der Waals surface area contributed by atoms with Crippen molar-refractivity contribution < 1.29 is 23.4 Å². The number of nitrogens with zero attached hydrogens (tertiary/aromatic N) is 1. The van der Waals surface area contributed by atoms with E-state index in [0.717, 1.165) is 18.5 Å². The summed E-state index contributed by atoms with van der Waals surface area (Å²) in [6.45, 7) is 0.398. The molecule has 4 nitrogen and oxygen atoms in total. The lowest BCUT2D eigenvalue weighted by Gasteiger charge is -2.35. The van der Waals surface area contributed by atoms with Crippen LogP contribution in [0, 0.1) is 5.92 Å². The second kappa shape index (κ2) is 6.85. The smallest absolute Gasteiger partial charge is 0.387 e. The van der Waals surface area contributed by atoms with Crippen LogP contribution in [0.25, 0.3) is 0 Å². The Bertz CT molecular complexity index is 496. The molecule has 2 unspecified atom stereocenters. The predicted molar refractivity (Wildman–Crippen MR) is 73.4 cm³/mol. The number of carbonyl (C=O) groups is 1. The van der Waals surface area contributed by atoms with Gasteiger partial charge in [0.1, 0.15) is 5.75 Å². The van der Waals surface area contributed by atoms with Gasteiger partial charge in [-0.05, 0) is 44.0 Å². The Hall–Kier alpha value is -1.69. The van der Waals surface area contributed by atoms with Crippen molar-refractivity contribution in [1.82, 2.24) is 4.90 Å². The molecule has 1 aromatic carbocycles. The van der Waals surface area contributed by atoms with Gasteiger partial charge in [0.25, 0.3) is 0 Å². The number of alkyl halides is 2. The van der Waals surface area contributed by atoms with E-state index in [1.54, 1.807) is 12.1 Å². The van der Waals surface area contributed by atoms with E-state index in [4.69, 9.17) is 5.11 Å². The van der Waals surface area contributed by atoms with Gasteiger partial charge in [0, 0.05) is 12.6 Å². The highest BCUT2D eigenvalue weighted by Crippen LogP contribution is 2.29. The summed E-state index contributed by atoms with van der Waals surface area (Å²) in [7, 11) is 0. The predicted octanol–water partition coefficient (Wildman–Crippen LogP) is 3.15. The van der Waals surface area contributed by atoms with Crippen LogP contribution in [0.5, 0.6) is 5.75 Å². The highest BCUT2D eigenvalue weighted by molar-refractivity contribution is 5.70. The lowest BCUT2D eigenvalue weighted by Crippen LogP contribution is -2.40. The van der Waals surface area contributed by atoms with E-state index < -0.39 is 12.6 Å². The molecule has 116 valence electrons. The molecule has 1 aliphatic heterocycles. The first-order valence-corrected chi connectivity index (χ1v) is 6.99. The van der Waals surface area contributed by atoms with Crippen LogP contribution in [0.3, 0.4) is 0 Å². The number of carboxylic acid groups (broad SMARTS) is 1. The zero-order valence-electron chi connectivity index (χ0n) is 11.8. The van der Waals surface area contributed by atoms with Gasteiger partial charge >= 0.3 is 12.6 Å². The minimum atomic E-state index is -2.85. The van der Waals surface area contributed by atoms with Crippen LogP contribution < -0.4 is 4.74 Å². The van der Waals surface area contributed by atoms with Crippen molar-refractivity contribution in [3.8, 4) is 5.75 Å². The van der Waals surface area contributed by atoms with Crippen molar-refractivity contribution in [3.63, 3.8) is 0 Å². The number of rotatable bonds is 5. The van der Waals surface area contributed by atoms with Gasteiger partial charge in [0.05, 0.1) is 5.92 Å². The van der Waals surface area contributed by atoms with Crippen molar-refractivity contribution in [2.45, 2.75) is 32.4 Å². The molecule has 6 heteroatoms. The number of carboxylic acids is 1. The monoisotopic (exact) mass is 299 g/mol. The Morgan fingerprint density at radius 2 is 2.24 bits per heavy atom.